The molecule has 2 heterocycles. The molecule has 0 aliphatic rings. The third-order valence-electron chi connectivity index (χ3n) is 4.10. The molecule has 0 radical (unpaired) electrons. The first kappa shape index (κ1) is 17.3. The van der Waals surface area contributed by atoms with Gasteiger partial charge in [-0.25, -0.2) is 14.7 Å². The van der Waals surface area contributed by atoms with Crippen molar-refractivity contribution in [1.82, 2.24) is 14.8 Å². The number of nitro groups is 1. The van der Waals surface area contributed by atoms with Crippen molar-refractivity contribution in [1.29, 1.82) is 0 Å². The number of benzene rings is 2. The van der Waals surface area contributed by atoms with Gasteiger partial charge in [-0.3, -0.25) is 10.1 Å². The maximum atomic E-state index is 10.9. The Morgan fingerprint density at radius 2 is 1.71 bits per heavy atom. The van der Waals surface area contributed by atoms with Crippen LogP contribution in [-0.2, 0) is 0 Å². The summed E-state index contributed by atoms with van der Waals surface area (Å²) >= 11 is 0. The normalized spacial score (nSPS) is 11.0. The maximum absolute atomic E-state index is 10.9. The monoisotopic (exact) mass is 369 g/mol. The lowest BCUT2D eigenvalue weighted by Gasteiger charge is -2.00. The molecular formula is C21H15N5O2. The van der Waals surface area contributed by atoms with Crippen molar-refractivity contribution in [2.45, 2.75) is 0 Å². The number of aromatic nitrogens is 3. The van der Waals surface area contributed by atoms with Crippen LogP contribution in [0.2, 0.25) is 0 Å². The van der Waals surface area contributed by atoms with Gasteiger partial charge in [-0.15, -0.1) is 0 Å². The van der Waals surface area contributed by atoms with Crippen LogP contribution < -0.4 is 0 Å². The molecule has 136 valence electrons. The Bertz CT molecular complexity index is 1120. The minimum Gasteiger partial charge on any atom is -0.258 e. The number of hydrogen-bond donors (Lipinski definition) is 0. The van der Waals surface area contributed by atoms with Gasteiger partial charge in [-0.1, -0.05) is 24.3 Å². The standard InChI is InChI=1S/C21H15N5O2/c27-26(28)19-11-9-16(10-12-19)21-17(14-23-20-8-4-5-13-22-20)15-25(24-21)18-6-2-1-3-7-18/h1-15H/b23-14+. The van der Waals surface area contributed by atoms with E-state index in [1.165, 1.54) is 12.1 Å². The smallest absolute Gasteiger partial charge is 0.258 e. The minimum absolute atomic E-state index is 0.0370. The predicted octanol–water partition coefficient (Wildman–Crippen LogP) is 4.59. The van der Waals surface area contributed by atoms with E-state index in [2.05, 4.69) is 15.1 Å². The van der Waals surface area contributed by atoms with Gasteiger partial charge in [0.15, 0.2) is 5.82 Å². The summed E-state index contributed by atoms with van der Waals surface area (Å²) in [6.45, 7) is 0. The average molecular weight is 369 g/mol. The van der Waals surface area contributed by atoms with Crippen molar-refractivity contribution in [3.8, 4) is 16.9 Å². The largest absolute Gasteiger partial charge is 0.269 e. The maximum Gasteiger partial charge on any atom is 0.269 e. The number of para-hydroxylation sites is 1. The molecule has 4 aromatic rings. The molecule has 0 spiro atoms. The Balaban J connectivity index is 1.77. The highest BCUT2D eigenvalue weighted by atomic mass is 16.6. The van der Waals surface area contributed by atoms with Gasteiger partial charge in [0.25, 0.3) is 5.69 Å². The van der Waals surface area contributed by atoms with Gasteiger partial charge in [0, 0.05) is 41.9 Å². The van der Waals surface area contributed by atoms with Crippen molar-refractivity contribution in [2.24, 2.45) is 4.99 Å². The van der Waals surface area contributed by atoms with Crippen LogP contribution in [0, 0.1) is 10.1 Å². The molecule has 2 aromatic heterocycles. The van der Waals surface area contributed by atoms with Crippen LogP contribution >= 0.6 is 0 Å². The molecule has 7 nitrogen and oxygen atoms in total. The first-order chi connectivity index (χ1) is 13.7. The molecule has 2 aromatic carbocycles. The zero-order chi connectivity index (χ0) is 19.3. The highest BCUT2D eigenvalue weighted by molar-refractivity contribution is 5.90. The number of aliphatic imine (C=N–C) groups is 1. The van der Waals surface area contributed by atoms with E-state index >= 15 is 0 Å². The molecule has 0 amide bonds. The second-order valence-electron chi connectivity index (χ2n) is 5.96. The van der Waals surface area contributed by atoms with Crippen LogP contribution in [-0.4, -0.2) is 25.9 Å². The number of pyridine rings is 1. The Kier molecular flexibility index (Phi) is 4.71. The molecule has 0 saturated carbocycles. The van der Waals surface area contributed by atoms with Crippen molar-refractivity contribution >= 4 is 17.7 Å². The van der Waals surface area contributed by atoms with Gasteiger partial charge in [-0.2, -0.15) is 5.10 Å². The van der Waals surface area contributed by atoms with E-state index in [4.69, 9.17) is 0 Å². The molecule has 0 atom stereocenters. The van der Waals surface area contributed by atoms with Crippen LogP contribution in [0.25, 0.3) is 16.9 Å². The van der Waals surface area contributed by atoms with Gasteiger partial charge in [-0.05, 0) is 36.4 Å². The molecule has 0 aliphatic heterocycles. The summed E-state index contributed by atoms with van der Waals surface area (Å²) in [7, 11) is 0. The third kappa shape index (κ3) is 3.68. The molecule has 0 fully saturated rings. The van der Waals surface area contributed by atoms with E-state index in [9.17, 15) is 10.1 Å². The summed E-state index contributed by atoms with van der Waals surface area (Å²) in [6.07, 6.45) is 5.25. The zero-order valence-electron chi connectivity index (χ0n) is 14.7. The number of non-ortho nitro benzene ring substituents is 1. The fourth-order valence-corrected chi connectivity index (χ4v) is 2.73. The topological polar surface area (TPSA) is 86.2 Å². The van der Waals surface area contributed by atoms with E-state index < -0.39 is 4.92 Å². The molecule has 0 N–H and O–H groups in total. The molecule has 4 rings (SSSR count). The second-order valence-corrected chi connectivity index (χ2v) is 5.96. The minimum atomic E-state index is -0.421. The van der Waals surface area contributed by atoms with E-state index in [-0.39, 0.29) is 5.69 Å². The molecule has 0 saturated heterocycles. The highest BCUT2D eigenvalue weighted by Crippen LogP contribution is 2.25. The summed E-state index contributed by atoms with van der Waals surface area (Å²) in [4.78, 5) is 19.1. The van der Waals surface area contributed by atoms with Crippen LogP contribution in [0.4, 0.5) is 11.5 Å². The molecular weight excluding hydrogens is 354 g/mol. The summed E-state index contributed by atoms with van der Waals surface area (Å²) in [5.41, 5.74) is 3.17. The Morgan fingerprint density at radius 3 is 2.39 bits per heavy atom. The Morgan fingerprint density at radius 1 is 0.964 bits per heavy atom. The lowest BCUT2D eigenvalue weighted by Crippen LogP contribution is -1.94. The van der Waals surface area contributed by atoms with Crippen molar-refractivity contribution in [3.63, 3.8) is 0 Å². The van der Waals surface area contributed by atoms with Crippen molar-refractivity contribution in [3.05, 3.63) is 101 Å². The van der Waals surface area contributed by atoms with E-state index in [1.54, 1.807) is 29.2 Å². The lowest BCUT2D eigenvalue weighted by atomic mass is 10.1. The molecule has 28 heavy (non-hydrogen) atoms. The van der Waals surface area contributed by atoms with E-state index in [1.807, 2.05) is 54.7 Å². The zero-order valence-corrected chi connectivity index (χ0v) is 14.7. The van der Waals surface area contributed by atoms with Gasteiger partial charge in [0.2, 0.25) is 0 Å². The van der Waals surface area contributed by atoms with Gasteiger partial charge < -0.3 is 0 Å². The van der Waals surface area contributed by atoms with Gasteiger partial charge >= 0.3 is 0 Å². The van der Waals surface area contributed by atoms with Crippen LogP contribution in [0.5, 0.6) is 0 Å². The molecule has 0 unspecified atom stereocenters. The molecule has 0 aliphatic carbocycles. The summed E-state index contributed by atoms with van der Waals surface area (Å²) in [5, 5.41) is 15.6. The van der Waals surface area contributed by atoms with Gasteiger partial charge in [0.05, 0.1) is 10.6 Å². The van der Waals surface area contributed by atoms with Crippen LogP contribution in [0.3, 0.4) is 0 Å². The number of hydrogen-bond acceptors (Lipinski definition) is 5. The number of nitro benzene ring substituents is 1. The predicted molar refractivity (Wildman–Crippen MR) is 107 cm³/mol. The molecule has 7 heteroatoms. The lowest BCUT2D eigenvalue weighted by molar-refractivity contribution is -0.384. The number of nitrogens with zero attached hydrogens (tertiary/aromatic N) is 5. The highest BCUT2D eigenvalue weighted by Gasteiger charge is 2.13. The first-order valence-electron chi connectivity index (χ1n) is 8.56. The fraction of sp³-hybridized carbons (Fsp3) is 0. The van der Waals surface area contributed by atoms with Gasteiger partial charge in [0.1, 0.15) is 5.69 Å². The van der Waals surface area contributed by atoms with Crippen LogP contribution in [0.15, 0.2) is 90.2 Å². The van der Waals surface area contributed by atoms with E-state index in [0.717, 1.165) is 16.8 Å². The fourth-order valence-electron chi connectivity index (χ4n) is 2.73. The van der Waals surface area contributed by atoms with E-state index in [0.29, 0.717) is 11.5 Å². The summed E-state index contributed by atoms with van der Waals surface area (Å²) in [5.74, 6) is 0.588. The third-order valence-corrected chi connectivity index (χ3v) is 4.10. The van der Waals surface area contributed by atoms with Crippen molar-refractivity contribution < 1.29 is 4.92 Å². The SMILES string of the molecule is O=[N+]([O-])c1ccc(-c2nn(-c3ccccc3)cc2/C=N/c2ccccn2)cc1. The van der Waals surface area contributed by atoms with Crippen molar-refractivity contribution in [2.75, 3.05) is 0 Å². The Labute approximate surface area is 160 Å². The summed E-state index contributed by atoms with van der Waals surface area (Å²) in [6, 6.07) is 21.5. The average Bonchev–Trinajstić information content (AvgIpc) is 3.18. The second kappa shape index (κ2) is 7.63. The number of rotatable bonds is 5. The molecule has 0 bridgehead atoms. The Hall–Kier alpha value is -4.13. The van der Waals surface area contributed by atoms with Crippen LogP contribution in [0.1, 0.15) is 5.56 Å². The quantitative estimate of drug-likeness (QED) is 0.292. The summed E-state index contributed by atoms with van der Waals surface area (Å²) < 4.78 is 1.76. The first-order valence-corrected chi connectivity index (χ1v) is 8.56.